The molecule has 2 aromatic rings. The Morgan fingerprint density at radius 3 is 2.73 bits per heavy atom. The molecule has 0 saturated heterocycles. The van der Waals surface area contributed by atoms with Crippen LogP contribution in [0.5, 0.6) is 0 Å². The monoisotopic (exact) mass is 441 g/mol. The highest BCUT2D eigenvalue weighted by Crippen LogP contribution is 2.32. The highest BCUT2D eigenvalue weighted by atomic mass is 16.7. The van der Waals surface area contributed by atoms with Crippen LogP contribution in [0.2, 0.25) is 0 Å². The zero-order valence-electron chi connectivity index (χ0n) is 19.2. The average Bonchev–Trinajstić information content (AvgIpc) is 3.30. The number of hydroxylamine groups is 1. The molecule has 168 valence electrons. The van der Waals surface area contributed by atoms with Gasteiger partial charge in [0.1, 0.15) is 5.70 Å². The van der Waals surface area contributed by atoms with Gasteiger partial charge in [-0.05, 0) is 44.2 Å². The number of amidine groups is 1. The molecule has 2 aliphatic rings. The second-order valence-electron chi connectivity index (χ2n) is 8.60. The third-order valence-electron chi connectivity index (χ3n) is 5.81. The van der Waals surface area contributed by atoms with Crippen LogP contribution in [0, 0.1) is 16.7 Å². The second kappa shape index (κ2) is 8.88. The summed E-state index contributed by atoms with van der Waals surface area (Å²) in [5, 5.41) is 21.0. The SMILES string of the molecule is CNCc1ccc(C2=CC(=C3C(=N)N=CC(c4ccnc(C(C)(C)C#N)c4)N3C)ON2)cc1. The molecule has 2 aliphatic heterocycles. The van der Waals surface area contributed by atoms with Crippen molar-refractivity contribution in [2.24, 2.45) is 4.99 Å². The molecule has 8 nitrogen and oxygen atoms in total. The second-order valence-corrected chi connectivity index (χ2v) is 8.60. The maximum absolute atomic E-state index is 9.49. The third-order valence-corrected chi connectivity index (χ3v) is 5.81. The fourth-order valence-electron chi connectivity index (χ4n) is 3.81. The van der Waals surface area contributed by atoms with Gasteiger partial charge in [-0.1, -0.05) is 24.3 Å². The number of benzene rings is 1. The van der Waals surface area contributed by atoms with Crippen molar-refractivity contribution in [3.05, 3.63) is 82.5 Å². The molecule has 8 heteroatoms. The molecule has 1 aromatic heterocycles. The minimum atomic E-state index is -0.701. The lowest BCUT2D eigenvalue weighted by molar-refractivity contribution is 0.168. The van der Waals surface area contributed by atoms with E-state index in [2.05, 4.69) is 39.0 Å². The number of nitriles is 1. The van der Waals surface area contributed by atoms with Crippen LogP contribution < -0.4 is 10.8 Å². The first kappa shape index (κ1) is 22.2. The van der Waals surface area contributed by atoms with Crippen LogP contribution in [0.3, 0.4) is 0 Å². The van der Waals surface area contributed by atoms with E-state index in [1.165, 1.54) is 5.56 Å². The Morgan fingerprint density at radius 1 is 1.27 bits per heavy atom. The molecule has 1 unspecified atom stereocenters. The summed E-state index contributed by atoms with van der Waals surface area (Å²) in [6.07, 6.45) is 5.34. The first-order chi connectivity index (χ1) is 15.8. The van der Waals surface area contributed by atoms with Gasteiger partial charge < -0.3 is 15.1 Å². The van der Waals surface area contributed by atoms with E-state index in [0.29, 0.717) is 17.2 Å². The Morgan fingerprint density at radius 2 is 2.03 bits per heavy atom. The van der Waals surface area contributed by atoms with E-state index in [9.17, 15) is 5.26 Å². The normalized spacial score (nSPS) is 20.2. The average molecular weight is 442 g/mol. The summed E-state index contributed by atoms with van der Waals surface area (Å²) in [5.74, 6) is 0.657. The van der Waals surface area contributed by atoms with Gasteiger partial charge in [-0.3, -0.25) is 10.4 Å². The number of likely N-dealkylation sites (N-methyl/N-ethyl adjacent to an activating group) is 1. The van der Waals surface area contributed by atoms with Gasteiger partial charge in [-0.2, -0.15) is 5.26 Å². The van der Waals surface area contributed by atoms with Crippen molar-refractivity contribution in [1.82, 2.24) is 20.7 Å². The summed E-state index contributed by atoms with van der Waals surface area (Å²) in [4.78, 5) is 16.5. The number of hydrogen-bond acceptors (Lipinski definition) is 7. The zero-order valence-corrected chi connectivity index (χ0v) is 19.2. The van der Waals surface area contributed by atoms with E-state index in [0.717, 1.165) is 23.4 Å². The van der Waals surface area contributed by atoms with Gasteiger partial charge in [0.15, 0.2) is 11.6 Å². The Bertz CT molecular complexity index is 1200. The topological polar surface area (TPSA) is 109 Å². The fraction of sp³-hybridized carbons (Fsp3) is 0.280. The van der Waals surface area contributed by atoms with Crippen molar-refractivity contribution in [2.75, 3.05) is 14.1 Å². The molecular formula is C25H27N7O. The number of pyridine rings is 1. The van der Waals surface area contributed by atoms with E-state index >= 15 is 0 Å². The predicted octanol–water partition coefficient (Wildman–Crippen LogP) is 3.42. The van der Waals surface area contributed by atoms with Crippen LogP contribution in [-0.2, 0) is 16.8 Å². The molecule has 4 rings (SSSR count). The Balaban J connectivity index is 1.65. The molecular weight excluding hydrogens is 414 g/mol. The van der Waals surface area contributed by atoms with Crippen molar-refractivity contribution in [2.45, 2.75) is 31.8 Å². The van der Waals surface area contributed by atoms with Crippen molar-refractivity contribution in [3.8, 4) is 6.07 Å². The summed E-state index contributed by atoms with van der Waals surface area (Å²) in [6.45, 7) is 4.50. The first-order valence-corrected chi connectivity index (χ1v) is 10.7. The fourth-order valence-corrected chi connectivity index (χ4v) is 3.81. The van der Waals surface area contributed by atoms with Gasteiger partial charge >= 0.3 is 0 Å². The van der Waals surface area contributed by atoms with E-state index in [1.807, 2.05) is 63.2 Å². The summed E-state index contributed by atoms with van der Waals surface area (Å²) in [6, 6.07) is 14.1. The first-order valence-electron chi connectivity index (χ1n) is 10.7. The van der Waals surface area contributed by atoms with E-state index in [4.69, 9.17) is 10.2 Å². The molecule has 3 heterocycles. The number of allylic oxidation sites excluding steroid dienone is 1. The summed E-state index contributed by atoms with van der Waals surface area (Å²) in [5.41, 5.74) is 7.50. The highest BCUT2D eigenvalue weighted by Gasteiger charge is 2.31. The van der Waals surface area contributed by atoms with Crippen molar-refractivity contribution < 1.29 is 4.84 Å². The van der Waals surface area contributed by atoms with E-state index in [1.54, 1.807) is 12.4 Å². The maximum atomic E-state index is 9.49. The molecule has 0 amide bonds. The van der Waals surface area contributed by atoms with Gasteiger partial charge in [-0.15, -0.1) is 0 Å². The zero-order chi connectivity index (χ0) is 23.6. The number of aliphatic imine (C=N–C) groups is 1. The quantitative estimate of drug-likeness (QED) is 0.656. The summed E-state index contributed by atoms with van der Waals surface area (Å²) >= 11 is 0. The lowest BCUT2D eigenvalue weighted by atomic mass is 9.89. The molecule has 0 spiro atoms. The van der Waals surface area contributed by atoms with Crippen LogP contribution >= 0.6 is 0 Å². The van der Waals surface area contributed by atoms with Crippen molar-refractivity contribution >= 4 is 17.7 Å². The van der Waals surface area contributed by atoms with Crippen LogP contribution in [0.15, 0.2) is 65.1 Å². The van der Waals surface area contributed by atoms with Gasteiger partial charge in [-0.25, -0.2) is 10.5 Å². The molecule has 33 heavy (non-hydrogen) atoms. The molecule has 0 aliphatic carbocycles. The lowest BCUT2D eigenvalue weighted by Gasteiger charge is -2.33. The highest BCUT2D eigenvalue weighted by molar-refractivity contribution is 6.04. The largest absolute Gasteiger partial charge is 0.380 e. The van der Waals surface area contributed by atoms with E-state index in [-0.39, 0.29) is 11.9 Å². The molecule has 0 saturated carbocycles. The minimum absolute atomic E-state index is 0.124. The molecule has 0 fully saturated rings. The van der Waals surface area contributed by atoms with Crippen molar-refractivity contribution in [3.63, 3.8) is 0 Å². The predicted molar refractivity (Wildman–Crippen MR) is 128 cm³/mol. The number of nitrogens with one attached hydrogen (secondary N) is 3. The minimum Gasteiger partial charge on any atom is -0.380 e. The number of hydrogen-bond donors (Lipinski definition) is 3. The molecule has 1 aromatic carbocycles. The van der Waals surface area contributed by atoms with Gasteiger partial charge in [0.05, 0.1) is 28.9 Å². The van der Waals surface area contributed by atoms with Crippen molar-refractivity contribution in [1.29, 1.82) is 10.7 Å². The van der Waals surface area contributed by atoms with Crippen LogP contribution in [0.25, 0.3) is 5.70 Å². The van der Waals surface area contributed by atoms with E-state index < -0.39 is 5.41 Å². The number of aromatic nitrogens is 1. The smallest absolute Gasteiger partial charge is 0.184 e. The van der Waals surface area contributed by atoms with Gasteiger partial charge in [0.2, 0.25) is 0 Å². The maximum Gasteiger partial charge on any atom is 0.184 e. The lowest BCUT2D eigenvalue weighted by Crippen LogP contribution is -2.34. The van der Waals surface area contributed by atoms with Gasteiger partial charge in [0.25, 0.3) is 0 Å². The molecule has 0 radical (unpaired) electrons. The Hall–Kier alpha value is -3.96. The standard InChI is InChI=1S/C25H27N7O/c1-25(2,15-26)22-11-18(9-10-29-22)20-14-30-24(27)23(32(20)4)21-12-19(31-33-21)17-7-5-16(6-8-17)13-28-3/h5-12,14,20,27-28,31H,13H2,1-4H3. The summed E-state index contributed by atoms with van der Waals surface area (Å²) in [7, 11) is 3.83. The van der Waals surface area contributed by atoms with Crippen LogP contribution in [-0.4, -0.2) is 36.0 Å². The molecule has 0 bridgehead atoms. The van der Waals surface area contributed by atoms with Crippen LogP contribution in [0.1, 0.15) is 42.3 Å². The number of rotatable bonds is 5. The molecule has 3 N–H and O–H groups in total. The Kier molecular flexibility index (Phi) is 5.99. The third kappa shape index (κ3) is 4.36. The van der Waals surface area contributed by atoms with Gasteiger partial charge in [0, 0.05) is 37.6 Å². The Labute approximate surface area is 193 Å². The summed E-state index contributed by atoms with van der Waals surface area (Å²) < 4.78 is 0. The number of nitrogens with zero attached hydrogens (tertiary/aromatic N) is 4. The molecule has 1 atom stereocenters. The van der Waals surface area contributed by atoms with Crippen LogP contribution in [0.4, 0.5) is 0 Å².